The van der Waals surface area contributed by atoms with Gasteiger partial charge in [0.15, 0.2) is 11.4 Å². The maximum atomic E-state index is 13.1. The highest BCUT2D eigenvalue weighted by atomic mass is 16.3. The Morgan fingerprint density at radius 2 is 1.00 bits per heavy atom. The maximum absolute atomic E-state index is 13.1. The minimum atomic E-state index is -0.691. The SMILES string of the molecule is CCN(CC)Cn1c(O)c(N=NC(=O)c2cccc(C(=O)N=Nc3c(O)n(CN(CC)CC)c4ccccc34)c2)c2ccccc21. The van der Waals surface area contributed by atoms with E-state index < -0.39 is 11.8 Å². The second-order valence-corrected chi connectivity index (χ2v) is 10.7. The second-order valence-electron chi connectivity index (χ2n) is 10.7. The molecule has 0 saturated heterocycles. The summed E-state index contributed by atoms with van der Waals surface area (Å²) in [4.78, 5) is 30.4. The molecule has 5 rings (SSSR count). The molecule has 0 bridgehead atoms. The van der Waals surface area contributed by atoms with E-state index in [0.717, 1.165) is 37.2 Å². The van der Waals surface area contributed by atoms with Crippen molar-refractivity contribution >= 4 is 45.0 Å². The third-order valence-corrected chi connectivity index (χ3v) is 8.14. The molecule has 2 heterocycles. The average Bonchev–Trinajstić information content (AvgIpc) is 3.51. The van der Waals surface area contributed by atoms with Crippen LogP contribution in [0.1, 0.15) is 48.4 Å². The van der Waals surface area contributed by atoms with Crippen molar-refractivity contribution in [2.75, 3.05) is 26.2 Å². The van der Waals surface area contributed by atoms with Gasteiger partial charge in [0.2, 0.25) is 11.8 Å². The lowest BCUT2D eigenvalue weighted by atomic mass is 10.1. The number of rotatable bonds is 12. The Kier molecular flexibility index (Phi) is 9.99. The highest BCUT2D eigenvalue weighted by Gasteiger charge is 2.20. The van der Waals surface area contributed by atoms with Crippen LogP contribution in [0.2, 0.25) is 0 Å². The predicted octanol–water partition coefficient (Wildman–Crippen LogP) is 7.45. The van der Waals surface area contributed by atoms with E-state index in [0.29, 0.717) is 24.1 Å². The van der Waals surface area contributed by atoms with Gasteiger partial charge in [0.05, 0.1) is 24.4 Å². The predicted molar refractivity (Wildman–Crippen MR) is 177 cm³/mol. The van der Waals surface area contributed by atoms with Crippen molar-refractivity contribution in [1.29, 1.82) is 0 Å². The number of aromatic nitrogens is 2. The van der Waals surface area contributed by atoms with Crippen molar-refractivity contribution in [3.8, 4) is 11.8 Å². The first-order valence-corrected chi connectivity index (χ1v) is 15.4. The van der Waals surface area contributed by atoms with Crippen LogP contribution in [0.5, 0.6) is 11.8 Å². The fourth-order valence-electron chi connectivity index (χ4n) is 5.37. The smallest absolute Gasteiger partial charge is 0.295 e. The third kappa shape index (κ3) is 6.44. The fourth-order valence-corrected chi connectivity index (χ4v) is 5.37. The van der Waals surface area contributed by atoms with Crippen LogP contribution in [0.3, 0.4) is 0 Å². The molecule has 0 aliphatic heterocycles. The molecule has 238 valence electrons. The molecule has 0 radical (unpaired) electrons. The summed E-state index contributed by atoms with van der Waals surface area (Å²) in [6, 6.07) is 20.8. The molecule has 0 unspecified atom stereocenters. The molecule has 2 aromatic heterocycles. The van der Waals surface area contributed by atoms with Crippen LogP contribution in [-0.2, 0) is 13.3 Å². The number of azo groups is 2. The quantitative estimate of drug-likeness (QED) is 0.138. The zero-order chi connectivity index (χ0) is 32.8. The number of aromatic hydroxyl groups is 2. The third-order valence-electron chi connectivity index (χ3n) is 8.14. The maximum Gasteiger partial charge on any atom is 0.295 e. The van der Waals surface area contributed by atoms with Gasteiger partial charge < -0.3 is 10.2 Å². The molecular formula is C34H38N8O4. The normalized spacial score (nSPS) is 12.1. The number of benzene rings is 3. The monoisotopic (exact) mass is 622 g/mol. The fraction of sp³-hybridized carbons (Fsp3) is 0.294. The number of hydrogen-bond donors (Lipinski definition) is 2. The first kappa shape index (κ1) is 32.2. The summed E-state index contributed by atoms with van der Waals surface area (Å²) in [6.45, 7) is 12.3. The molecule has 2 N–H and O–H groups in total. The van der Waals surface area contributed by atoms with Gasteiger partial charge in [0, 0.05) is 21.9 Å². The highest BCUT2D eigenvalue weighted by molar-refractivity contribution is 6.01. The van der Waals surface area contributed by atoms with Gasteiger partial charge in [-0.2, -0.15) is 0 Å². The molecule has 46 heavy (non-hydrogen) atoms. The molecule has 0 atom stereocenters. The van der Waals surface area contributed by atoms with Gasteiger partial charge in [-0.05, 0) is 56.5 Å². The number of carbonyl (C=O) groups excluding carboxylic acids is 2. The summed E-state index contributed by atoms with van der Waals surface area (Å²) >= 11 is 0. The van der Waals surface area contributed by atoms with E-state index in [1.54, 1.807) is 15.2 Å². The molecule has 3 aromatic carbocycles. The van der Waals surface area contributed by atoms with E-state index >= 15 is 0 Å². The molecule has 0 saturated carbocycles. The standard InChI is InChI=1S/C34H38N8O4/c1-5-39(6-2)21-41-27-18-11-9-16-25(27)29(33(41)45)35-37-31(43)23-14-13-15-24(20-23)32(44)38-36-30-26-17-10-12-19-28(26)42(34(30)46)22-40(7-3)8-4/h9-20,45-46H,5-8,21-22H2,1-4H3. The van der Waals surface area contributed by atoms with Crippen molar-refractivity contribution in [1.82, 2.24) is 18.9 Å². The van der Waals surface area contributed by atoms with Crippen LogP contribution in [0.25, 0.3) is 21.8 Å². The molecule has 0 fully saturated rings. The van der Waals surface area contributed by atoms with Crippen molar-refractivity contribution in [2.24, 2.45) is 20.5 Å². The van der Waals surface area contributed by atoms with Gasteiger partial charge in [-0.3, -0.25) is 28.5 Å². The van der Waals surface area contributed by atoms with Gasteiger partial charge in [-0.25, -0.2) is 0 Å². The van der Waals surface area contributed by atoms with Crippen LogP contribution in [0, 0.1) is 0 Å². The largest absolute Gasteiger partial charge is 0.493 e. The van der Waals surface area contributed by atoms with Crippen LogP contribution in [0.15, 0.2) is 93.3 Å². The Bertz CT molecular complexity index is 1800. The van der Waals surface area contributed by atoms with Crippen molar-refractivity contribution in [3.63, 3.8) is 0 Å². The van der Waals surface area contributed by atoms with Crippen LogP contribution >= 0.6 is 0 Å². The van der Waals surface area contributed by atoms with Gasteiger partial charge in [-0.15, -0.1) is 20.5 Å². The Morgan fingerprint density at radius 1 is 0.609 bits per heavy atom. The van der Waals surface area contributed by atoms with E-state index in [-0.39, 0.29) is 34.3 Å². The second kappa shape index (κ2) is 14.3. The number of fused-ring (bicyclic) bond motifs is 2. The number of hydrogen-bond acceptors (Lipinski definition) is 8. The van der Waals surface area contributed by atoms with Gasteiger partial charge in [0.1, 0.15) is 0 Å². The van der Waals surface area contributed by atoms with E-state index in [9.17, 15) is 19.8 Å². The van der Waals surface area contributed by atoms with Gasteiger partial charge in [-0.1, -0.05) is 70.2 Å². The number of amides is 2. The Morgan fingerprint density at radius 3 is 1.39 bits per heavy atom. The van der Waals surface area contributed by atoms with Crippen molar-refractivity contribution in [2.45, 2.75) is 41.0 Å². The highest BCUT2D eigenvalue weighted by Crippen LogP contribution is 2.40. The van der Waals surface area contributed by atoms with Crippen LogP contribution in [-0.4, -0.2) is 67.1 Å². The molecule has 0 aliphatic carbocycles. The number of para-hydroxylation sites is 2. The Balaban J connectivity index is 1.38. The summed E-state index contributed by atoms with van der Waals surface area (Å²) in [5.41, 5.74) is 2.17. The molecule has 2 amide bonds. The summed E-state index contributed by atoms with van der Waals surface area (Å²) in [5, 5.41) is 39.5. The zero-order valence-corrected chi connectivity index (χ0v) is 26.5. The number of carbonyl (C=O) groups is 2. The van der Waals surface area contributed by atoms with Gasteiger partial charge in [0.25, 0.3) is 11.8 Å². The Hall–Kier alpha value is -5.20. The lowest BCUT2D eigenvalue weighted by molar-refractivity contribution is 0.0994. The Labute approximate surface area is 266 Å². The van der Waals surface area contributed by atoms with Crippen LogP contribution < -0.4 is 0 Å². The number of nitrogens with zero attached hydrogens (tertiary/aromatic N) is 8. The summed E-state index contributed by atoms with van der Waals surface area (Å²) in [5.74, 6) is -1.56. The topological polar surface area (TPSA) is 140 Å². The summed E-state index contributed by atoms with van der Waals surface area (Å²) in [6.07, 6.45) is 0. The van der Waals surface area contributed by atoms with Gasteiger partial charge >= 0.3 is 0 Å². The van der Waals surface area contributed by atoms with E-state index in [1.165, 1.54) is 18.2 Å². The molecule has 12 nitrogen and oxygen atoms in total. The average molecular weight is 623 g/mol. The van der Waals surface area contributed by atoms with E-state index in [1.807, 2.05) is 76.2 Å². The first-order valence-electron chi connectivity index (χ1n) is 15.4. The van der Waals surface area contributed by atoms with E-state index in [4.69, 9.17) is 0 Å². The van der Waals surface area contributed by atoms with E-state index in [2.05, 4.69) is 30.3 Å². The lowest BCUT2D eigenvalue weighted by Gasteiger charge is -2.19. The van der Waals surface area contributed by atoms with Crippen molar-refractivity contribution < 1.29 is 19.8 Å². The minimum Gasteiger partial charge on any atom is -0.493 e. The molecule has 0 spiro atoms. The van der Waals surface area contributed by atoms with Crippen LogP contribution in [0.4, 0.5) is 11.4 Å². The lowest BCUT2D eigenvalue weighted by Crippen LogP contribution is -2.25. The molecule has 12 heteroatoms. The summed E-state index contributed by atoms with van der Waals surface area (Å²) in [7, 11) is 0. The molecular weight excluding hydrogens is 584 g/mol. The van der Waals surface area contributed by atoms with Crippen molar-refractivity contribution in [3.05, 3.63) is 83.9 Å². The first-order chi connectivity index (χ1) is 22.3. The molecule has 5 aromatic rings. The summed E-state index contributed by atoms with van der Waals surface area (Å²) < 4.78 is 3.48. The molecule has 0 aliphatic rings. The zero-order valence-electron chi connectivity index (χ0n) is 26.5. The minimum absolute atomic E-state index is 0.0873.